The number of rotatable bonds is 1. The normalized spacial score (nSPS) is 12.1. The van der Waals surface area contributed by atoms with Gasteiger partial charge in [0, 0.05) is 4.90 Å². The summed E-state index contributed by atoms with van der Waals surface area (Å²) < 4.78 is 26.7. The standard InChI is InChI=1S/C7H6N2O3S2/c8-14(10,11)7-9-5-2-1-4(13)3-6(5)12-7/h1-3,13H,(H2,8,10,11). The smallest absolute Gasteiger partial charge is 0.331 e. The molecule has 2 aromatic rings. The molecule has 1 aromatic carbocycles. The Morgan fingerprint density at radius 3 is 2.79 bits per heavy atom. The van der Waals surface area contributed by atoms with E-state index in [0.29, 0.717) is 16.0 Å². The monoisotopic (exact) mass is 230 g/mol. The molecule has 0 unspecified atom stereocenters. The lowest BCUT2D eigenvalue weighted by molar-refractivity contribution is 0.458. The van der Waals surface area contributed by atoms with Crippen LogP contribution in [0.25, 0.3) is 11.1 Å². The molecular weight excluding hydrogens is 224 g/mol. The largest absolute Gasteiger partial charge is 0.427 e. The molecule has 0 spiro atoms. The van der Waals surface area contributed by atoms with Gasteiger partial charge < -0.3 is 4.42 Å². The van der Waals surface area contributed by atoms with Crippen molar-refractivity contribution in [3.05, 3.63) is 18.2 Å². The molecular formula is C7H6N2O3S2. The van der Waals surface area contributed by atoms with Crippen LogP contribution in [-0.4, -0.2) is 13.4 Å². The van der Waals surface area contributed by atoms with E-state index >= 15 is 0 Å². The molecule has 5 nitrogen and oxygen atoms in total. The fourth-order valence-corrected chi connectivity index (χ4v) is 1.64. The van der Waals surface area contributed by atoms with Gasteiger partial charge in [0.2, 0.25) is 0 Å². The first-order valence-electron chi connectivity index (χ1n) is 3.59. The Hall–Kier alpha value is -1.05. The zero-order valence-electron chi connectivity index (χ0n) is 6.84. The van der Waals surface area contributed by atoms with Crippen LogP contribution in [-0.2, 0) is 10.0 Å². The minimum absolute atomic E-state index is 0.349. The predicted octanol–water partition coefficient (Wildman–Crippen LogP) is 0.764. The second kappa shape index (κ2) is 2.97. The van der Waals surface area contributed by atoms with Crippen LogP contribution in [0, 0.1) is 0 Å². The number of hydrogen-bond acceptors (Lipinski definition) is 5. The van der Waals surface area contributed by atoms with Crippen molar-refractivity contribution in [1.29, 1.82) is 0 Å². The lowest BCUT2D eigenvalue weighted by Gasteiger charge is -1.87. The molecule has 0 aliphatic rings. The molecule has 0 saturated heterocycles. The number of benzene rings is 1. The summed E-state index contributed by atoms with van der Waals surface area (Å²) in [7, 11) is -3.88. The van der Waals surface area contributed by atoms with Crippen LogP contribution in [0.1, 0.15) is 0 Å². The predicted molar refractivity (Wildman–Crippen MR) is 52.6 cm³/mol. The maximum absolute atomic E-state index is 10.9. The third-order valence-corrected chi connectivity index (χ3v) is 2.54. The van der Waals surface area contributed by atoms with E-state index in [2.05, 4.69) is 17.6 Å². The first-order chi connectivity index (χ1) is 6.47. The van der Waals surface area contributed by atoms with Crippen LogP contribution in [0.2, 0.25) is 0 Å². The third kappa shape index (κ3) is 1.61. The molecule has 0 amide bonds. The first kappa shape index (κ1) is 9.50. The molecule has 0 saturated carbocycles. The SMILES string of the molecule is NS(=O)(=O)c1nc2ccc(S)cc2o1. The Labute approximate surface area is 85.4 Å². The number of sulfonamides is 1. The second-order valence-corrected chi connectivity index (χ2v) is 4.63. The summed E-state index contributed by atoms with van der Waals surface area (Å²) in [6.07, 6.45) is 0. The van der Waals surface area contributed by atoms with E-state index in [4.69, 9.17) is 9.56 Å². The van der Waals surface area contributed by atoms with E-state index in [9.17, 15) is 8.42 Å². The lowest BCUT2D eigenvalue weighted by Crippen LogP contribution is -2.12. The molecule has 1 aromatic heterocycles. The van der Waals surface area contributed by atoms with Crippen molar-refractivity contribution in [2.45, 2.75) is 10.1 Å². The zero-order chi connectivity index (χ0) is 10.3. The molecule has 0 aliphatic heterocycles. The van der Waals surface area contributed by atoms with Crippen molar-refractivity contribution >= 4 is 33.8 Å². The van der Waals surface area contributed by atoms with Crippen LogP contribution in [0.3, 0.4) is 0 Å². The van der Waals surface area contributed by atoms with Gasteiger partial charge in [-0.05, 0) is 18.2 Å². The average Bonchev–Trinajstić information content (AvgIpc) is 2.45. The molecule has 0 radical (unpaired) electrons. The van der Waals surface area contributed by atoms with Gasteiger partial charge in [-0.3, -0.25) is 0 Å². The van der Waals surface area contributed by atoms with Crippen molar-refractivity contribution in [2.24, 2.45) is 5.14 Å². The number of hydrogen-bond donors (Lipinski definition) is 2. The van der Waals surface area contributed by atoms with E-state index in [0.717, 1.165) is 0 Å². The number of oxazole rings is 1. The first-order valence-corrected chi connectivity index (χ1v) is 5.58. The molecule has 0 fully saturated rings. The quantitative estimate of drug-likeness (QED) is 0.708. The Balaban J connectivity index is 2.75. The molecule has 7 heteroatoms. The highest BCUT2D eigenvalue weighted by atomic mass is 32.2. The highest BCUT2D eigenvalue weighted by Gasteiger charge is 2.16. The molecule has 0 aliphatic carbocycles. The van der Waals surface area contributed by atoms with E-state index in [1.54, 1.807) is 18.2 Å². The van der Waals surface area contributed by atoms with Crippen LogP contribution < -0.4 is 5.14 Å². The van der Waals surface area contributed by atoms with Crippen LogP contribution in [0.15, 0.2) is 32.7 Å². The van der Waals surface area contributed by atoms with Gasteiger partial charge in [0.25, 0.3) is 10.0 Å². The number of fused-ring (bicyclic) bond motifs is 1. The number of nitrogens with zero attached hydrogens (tertiary/aromatic N) is 1. The van der Waals surface area contributed by atoms with Gasteiger partial charge in [0.1, 0.15) is 5.52 Å². The average molecular weight is 230 g/mol. The Morgan fingerprint density at radius 1 is 1.43 bits per heavy atom. The minimum atomic E-state index is -3.88. The van der Waals surface area contributed by atoms with Crippen LogP contribution in [0.4, 0.5) is 0 Å². The topological polar surface area (TPSA) is 86.2 Å². The minimum Gasteiger partial charge on any atom is -0.427 e. The summed E-state index contributed by atoms with van der Waals surface area (Å²) in [6, 6.07) is 4.86. The molecule has 2 N–H and O–H groups in total. The van der Waals surface area contributed by atoms with E-state index < -0.39 is 15.2 Å². The zero-order valence-corrected chi connectivity index (χ0v) is 8.55. The van der Waals surface area contributed by atoms with Crippen molar-refractivity contribution in [1.82, 2.24) is 4.98 Å². The lowest BCUT2D eigenvalue weighted by atomic mass is 10.3. The summed E-state index contributed by atoms with van der Waals surface area (Å²) in [4.78, 5) is 4.37. The third-order valence-electron chi connectivity index (χ3n) is 1.60. The highest BCUT2D eigenvalue weighted by molar-refractivity contribution is 7.88. The molecule has 1 heterocycles. The summed E-state index contributed by atoms with van der Waals surface area (Å²) >= 11 is 4.07. The van der Waals surface area contributed by atoms with Crippen molar-refractivity contribution in [2.75, 3.05) is 0 Å². The molecule has 74 valence electrons. The number of primary sulfonamides is 1. The van der Waals surface area contributed by atoms with Gasteiger partial charge in [-0.1, -0.05) is 0 Å². The Bertz CT molecular complexity index is 588. The van der Waals surface area contributed by atoms with Gasteiger partial charge in [-0.15, -0.1) is 12.6 Å². The molecule has 0 bridgehead atoms. The van der Waals surface area contributed by atoms with Gasteiger partial charge in [-0.25, -0.2) is 13.6 Å². The number of aromatic nitrogens is 1. The Morgan fingerprint density at radius 2 is 2.14 bits per heavy atom. The summed E-state index contributed by atoms with van der Waals surface area (Å²) in [5.74, 6) is 0. The van der Waals surface area contributed by atoms with Crippen molar-refractivity contribution in [3.63, 3.8) is 0 Å². The van der Waals surface area contributed by atoms with Gasteiger partial charge in [0.05, 0.1) is 0 Å². The van der Waals surface area contributed by atoms with E-state index in [1.807, 2.05) is 0 Å². The van der Waals surface area contributed by atoms with Gasteiger partial charge in [-0.2, -0.15) is 4.98 Å². The molecule has 14 heavy (non-hydrogen) atoms. The summed E-state index contributed by atoms with van der Waals surface area (Å²) in [5, 5.41) is 4.38. The second-order valence-electron chi connectivity index (χ2n) is 2.68. The fraction of sp³-hybridized carbons (Fsp3) is 0. The molecule has 0 atom stereocenters. The summed E-state index contributed by atoms with van der Waals surface area (Å²) in [6.45, 7) is 0. The van der Waals surface area contributed by atoms with E-state index in [1.165, 1.54) is 0 Å². The van der Waals surface area contributed by atoms with Gasteiger partial charge in [0.15, 0.2) is 5.58 Å². The number of nitrogens with two attached hydrogens (primary N) is 1. The maximum Gasteiger partial charge on any atom is 0.331 e. The fourth-order valence-electron chi connectivity index (χ4n) is 1.01. The number of thiol groups is 1. The highest BCUT2D eigenvalue weighted by Crippen LogP contribution is 2.20. The summed E-state index contributed by atoms with van der Waals surface area (Å²) in [5.41, 5.74) is 0.786. The maximum atomic E-state index is 10.9. The van der Waals surface area contributed by atoms with E-state index in [-0.39, 0.29) is 0 Å². The molecule has 2 rings (SSSR count). The Kier molecular flexibility index (Phi) is 2.02. The van der Waals surface area contributed by atoms with Gasteiger partial charge >= 0.3 is 5.22 Å². The van der Waals surface area contributed by atoms with Crippen LogP contribution >= 0.6 is 12.6 Å². The van der Waals surface area contributed by atoms with Crippen molar-refractivity contribution < 1.29 is 12.8 Å². The van der Waals surface area contributed by atoms with Crippen molar-refractivity contribution in [3.8, 4) is 0 Å². The van der Waals surface area contributed by atoms with Crippen LogP contribution in [0.5, 0.6) is 0 Å².